The lowest BCUT2D eigenvalue weighted by Crippen LogP contribution is -2.17. The highest BCUT2D eigenvalue weighted by Crippen LogP contribution is 2.26. The molecule has 0 aliphatic rings. The van der Waals surface area contributed by atoms with E-state index >= 15 is 0 Å². The average molecular weight is 546 g/mol. The van der Waals surface area contributed by atoms with Crippen LogP contribution in [0.3, 0.4) is 0 Å². The van der Waals surface area contributed by atoms with Crippen molar-refractivity contribution in [2.75, 3.05) is 6.61 Å². The number of nitro groups is 1. The first-order valence-corrected chi connectivity index (χ1v) is 12.8. The van der Waals surface area contributed by atoms with Crippen molar-refractivity contribution in [3.8, 4) is 5.75 Å². The van der Waals surface area contributed by atoms with Gasteiger partial charge in [0, 0.05) is 17.7 Å². The van der Waals surface area contributed by atoms with Crippen LogP contribution in [0.1, 0.15) is 31.1 Å². The maximum atomic E-state index is 13.1. The Kier molecular flexibility index (Phi) is 7.92. The highest BCUT2D eigenvalue weighted by atomic mass is 32.2. The molecule has 10 nitrogen and oxygen atoms in total. The second kappa shape index (κ2) is 11.5. The highest BCUT2D eigenvalue weighted by Gasteiger charge is 2.26. The van der Waals surface area contributed by atoms with E-state index in [-0.39, 0.29) is 32.4 Å². The van der Waals surface area contributed by atoms with E-state index in [0.29, 0.717) is 5.56 Å². The van der Waals surface area contributed by atoms with Gasteiger partial charge < -0.3 is 9.47 Å². The van der Waals surface area contributed by atoms with Crippen LogP contribution in [0.2, 0.25) is 0 Å². The number of hydrogen-bond donors (Lipinski definition) is 0. The van der Waals surface area contributed by atoms with Crippen molar-refractivity contribution in [2.45, 2.75) is 9.79 Å². The number of esters is 2. The van der Waals surface area contributed by atoms with Crippen LogP contribution in [-0.2, 0) is 14.6 Å². The zero-order valence-electron chi connectivity index (χ0n) is 20.1. The normalized spacial score (nSPS) is 10.9. The third-order valence-corrected chi connectivity index (χ3v) is 7.31. The van der Waals surface area contributed by atoms with E-state index in [1.165, 1.54) is 48.5 Å². The average Bonchev–Trinajstić information content (AvgIpc) is 2.96. The van der Waals surface area contributed by atoms with Gasteiger partial charge in [0.1, 0.15) is 5.75 Å². The summed E-state index contributed by atoms with van der Waals surface area (Å²) in [5, 5.41) is 10.9. The molecule has 0 radical (unpaired) electrons. The zero-order valence-corrected chi connectivity index (χ0v) is 20.9. The van der Waals surface area contributed by atoms with Crippen LogP contribution >= 0.6 is 0 Å². The Balaban J connectivity index is 1.43. The van der Waals surface area contributed by atoms with E-state index in [1.807, 2.05) is 0 Å². The predicted molar refractivity (Wildman–Crippen MR) is 137 cm³/mol. The third-order valence-electron chi connectivity index (χ3n) is 5.49. The molecule has 0 spiro atoms. The summed E-state index contributed by atoms with van der Waals surface area (Å²) in [6, 6.07) is 23.5. The molecular formula is C28H19NO9S. The lowest BCUT2D eigenvalue weighted by molar-refractivity contribution is -0.384. The second-order valence-electron chi connectivity index (χ2n) is 8.03. The molecule has 0 aliphatic heterocycles. The van der Waals surface area contributed by atoms with Gasteiger partial charge in [0.2, 0.25) is 9.84 Å². The van der Waals surface area contributed by atoms with Gasteiger partial charge in [0.15, 0.2) is 12.4 Å². The molecule has 0 bridgehead atoms. The summed E-state index contributed by atoms with van der Waals surface area (Å²) in [5.74, 6) is -1.97. The fourth-order valence-electron chi connectivity index (χ4n) is 3.48. The minimum Gasteiger partial charge on any atom is -0.454 e. The molecule has 0 saturated carbocycles. The molecule has 0 aromatic heterocycles. The quantitative estimate of drug-likeness (QED) is 0.0961. The first-order chi connectivity index (χ1) is 18.7. The number of benzene rings is 4. The number of sulfone groups is 1. The summed E-state index contributed by atoms with van der Waals surface area (Å²) in [6.45, 7) is -0.673. The predicted octanol–water partition coefficient (Wildman–Crippen LogP) is 4.69. The zero-order chi connectivity index (χ0) is 28.0. The Labute approximate surface area is 222 Å². The van der Waals surface area contributed by atoms with Gasteiger partial charge in [0.05, 0.1) is 25.8 Å². The summed E-state index contributed by atoms with van der Waals surface area (Å²) in [7, 11) is -4.23. The molecule has 0 saturated heterocycles. The Bertz CT molecular complexity index is 1650. The Morgan fingerprint density at radius 2 is 1.33 bits per heavy atom. The number of carbonyl (C=O) groups excluding carboxylic acids is 3. The van der Waals surface area contributed by atoms with Gasteiger partial charge in [-0.25, -0.2) is 18.0 Å². The maximum Gasteiger partial charge on any atom is 0.343 e. The summed E-state index contributed by atoms with van der Waals surface area (Å²) in [6.07, 6.45) is 0. The van der Waals surface area contributed by atoms with Crippen LogP contribution < -0.4 is 4.74 Å². The number of Topliss-reactive ketones (excluding diaryl/α,β-unsaturated/α-hetero) is 1. The monoisotopic (exact) mass is 545 g/mol. The lowest BCUT2D eigenvalue weighted by atomic mass is 10.1. The van der Waals surface area contributed by atoms with Crippen LogP contribution in [0.5, 0.6) is 5.75 Å². The SMILES string of the molecule is O=C(COC(=O)c1ccccc1S(=O)(=O)c1ccc([N+](=O)[O-])cc1)c1ccc(OC(=O)c2ccccc2)cc1. The molecule has 0 aliphatic carbocycles. The molecule has 4 aromatic carbocycles. The minimum absolute atomic E-state index is 0.175. The van der Waals surface area contributed by atoms with Crippen LogP contribution in [-0.4, -0.2) is 37.7 Å². The Morgan fingerprint density at radius 3 is 1.97 bits per heavy atom. The molecule has 0 fully saturated rings. The first kappa shape index (κ1) is 26.9. The van der Waals surface area contributed by atoms with Crippen molar-refractivity contribution < 1.29 is 37.2 Å². The number of rotatable bonds is 9. The number of ether oxygens (including phenoxy) is 2. The number of non-ortho nitro benzene ring substituents is 1. The molecule has 4 rings (SSSR count). The van der Waals surface area contributed by atoms with E-state index in [1.54, 1.807) is 30.3 Å². The van der Waals surface area contributed by atoms with Gasteiger partial charge in [-0.05, 0) is 60.7 Å². The Morgan fingerprint density at radius 1 is 0.718 bits per heavy atom. The fraction of sp³-hybridized carbons (Fsp3) is 0.0357. The van der Waals surface area contributed by atoms with Crippen molar-refractivity contribution in [3.63, 3.8) is 0 Å². The van der Waals surface area contributed by atoms with Crippen molar-refractivity contribution >= 4 is 33.2 Å². The summed E-state index contributed by atoms with van der Waals surface area (Å²) < 4.78 is 36.6. The highest BCUT2D eigenvalue weighted by molar-refractivity contribution is 7.91. The summed E-state index contributed by atoms with van der Waals surface area (Å²) in [5.41, 5.74) is -0.0519. The van der Waals surface area contributed by atoms with E-state index < -0.39 is 39.1 Å². The van der Waals surface area contributed by atoms with E-state index in [9.17, 15) is 32.9 Å². The van der Waals surface area contributed by atoms with Crippen molar-refractivity contribution in [1.82, 2.24) is 0 Å². The van der Waals surface area contributed by atoms with Crippen molar-refractivity contribution in [1.29, 1.82) is 0 Å². The van der Waals surface area contributed by atoms with Gasteiger partial charge in [-0.1, -0.05) is 30.3 Å². The molecule has 0 N–H and O–H groups in total. The molecule has 0 heterocycles. The molecular weight excluding hydrogens is 526 g/mol. The largest absolute Gasteiger partial charge is 0.454 e. The minimum atomic E-state index is -4.23. The number of nitro benzene ring substituents is 1. The third kappa shape index (κ3) is 6.22. The van der Waals surface area contributed by atoms with E-state index in [0.717, 1.165) is 24.3 Å². The second-order valence-corrected chi connectivity index (χ2v) is 9.95. The van der Waals surface area contributed by atoms with Gasteiger partial charge in [-0.15, -0.1) is 0 Å². The van der Waals surface area contributed by atoms with Crippen LogP contribution in [0.25, 0.3) is 0 Å². The number of nitrogens with zero attached hydrogens (tertiary/aromatic N) is 1. The van der Waals surface area contributed by atoms with E-state index in [4.69, 9.17) is 9.47 Å². The van der Waals surface area contributed by atoms with E-state index in [2.05, 4.69) is 0 Å². The number of hydrogen-bond acceptors (Lipinski definition) is 9. The Hall–Kier alpha value is -5.16. The number of ketones is 1. The maximum absolute atomic E-state index is 13.1. The topological polar surface area (TPSA) is 147 Å². The lowest BCUT2D eigenvalue weighted by Gasteiger charge is -2.11. The van der Waals surface area contributed by atoms with Gasteiger partial charge in [-0.2, -0.15) is 0 Å². The van der Waals surface area contributed by atoms with Crippen LogP contribution in [0, 0.1) is 10.1 Å². The first-order valence-electron chi connectivity index (χ1n) is 11.3. The molecule has 0 amide bonds. The summed E-state index contributed by atoms with van der Waals surface area (Å²) in [4.78, 5) is 47.0. The van der Waals surface area contributed by atoms with Gasteiger partial charge in [-0.3, -0.25) is 14.9 Å². The molecule has 4 aromatic rings. The molecule has 196 valence electrons. The number of carbonyl (C=O) groups is 3. The molecule has 39 heavy (non-hydrogen) atoms. The van der Waals surface area contributed by atoms with Gasteiger partial charge >= 0.3 is 11.9 Å². The van der Waals surface area contributed by atoms with Crippen molar-refractivity contribution in [3.05, 3.63) is 130 Å². The molecule has 0 unspecified atom stereocenters. The molecule has 0 atom stereocenters. The van der Waals surface area contributed by atoms with Crippen LogP contribution in [0.4, 0.5) is 5.69 Å². The van der Waals surface area contributed by atoms with Crippen LogP contribution in [0.15, 0.2) is 113 Å². The standard InChI is InChI=1S/C28H19NO9S/c30-25(19-10-14-22(15-11-19)38-27(31)20-6-2-1-3-7-20)18-37-28(32)24-8-4-5-9-26(24)39(35,36)23-16-12-21(13-17-23)29(33)34/h1-17H,18H2. The molecule has 11 heteroatoms. The smallest absolute Gasteiger partial charge is 0.343 e. The van der Waals surface area contributed by atoms with Gasteiger partial charge in [0.25, 0.3) is 5.69 Å². The fourth-order valence-corrected chi connectivity index (χ4v) is 4.93. The van der Waals surface area contributed by atoms with Crippen molar-refractivity contribution in [2.24, 2.45) is 0 Å². The summed E-state index contributed by atoms with van der Waals surface area (Å²) >= 11 is 0.